The minimum atomic E-state index is -2.75. The maximum atomic E-state index is 13.7. The highest BCUT2D eigenvalue weighted by molar-refractivity contribution is 6.24. The molecule has 0 radical (unpaired) electrons. The maximum Gasteiger partial charge on any atom is 0.255 e. The van der Waals surface area contributed by atoms with Crippen LogP contribution in [0.1, 0.15) is 35.6 Å². The van der Waals surface area contributed by atoms with Crippen molar-refractivity contribution in [2.45, 2.75) is 37.0 Å². The number of amides is 1. The van der Waals surface area contributed by atoms with Crippen molar-refractivity contribution in [3.63, 3.8) is 0 Å². The first-order valence-electron chi connectivity index (χ1n) is 16.2. The number of ether oxygens (including phenoxy) is 3. The molecule has 3 aliphatic carbocycles. The Morgan fingerprint density at radius 2 is 1.64 bits per heavy atom. The summed E-state index contributed by atoms with van der Waals surface area (Å²) in [7, 11) is 7.71. The Kier molecular flexibility index (Phi) is 10.1. The molecule has 0 unspecified atom stereocenters. The molecule has 2 aromatic carbocycles. The molecular formula is C36H42N6O11. The van der Waals surface area contributed by atoms with Crippen molar-refractivity contribution >= 4 is 35.0 Å². The van der Waals surface area contributed by atoms with Crippen molar-refractivity contribution in [1.82, 2.24) is 14.9 Å². The van der Waals surface area contributed by atoms with Gasteiger partial charge in [-0.25, -0.2) is 4.98 Å². The van der Waals surface area contributed by atoms with Crippen LogP contribution in [0.4, 0.5) is 11.8 Å². The van der Waals surface area contributed by atoms with Gasteiger partial charge in [0, 0.05) is 35.6 Å². The number of hydrogen-bond acceptors (Lipinski definition) is 16. The van der Waals surface area contributed by atoms with Gasteiger partial charge >= 0.3 is 0 Å². The zero-order chi connectivity index (χ0) is 39.3. The van der Waals surface area contributed by atoms with Gasteiger partial charge in [0.15, 0.2) is 22.9 Å². The fourth-order valence-corrected chi connectivity index (χ4v) is 7.53. The third-order valence-corrected chi connectivity index (χ3v) is 10.1. The number of phenolic OH excluding ortho intramolecular Hbond substituents is 1. The Labute approximate surface area is 303 Å². The van der Waals surface area contributed by atoms with Gasteiger partial charge in [0.25, 0.3) is 5.91 Å². The van der Waals surface area contributed by atoms with Gasteiger partial charge in [0.1, 0.15) is 28.7 Å². The molecule has 6 rings (SSSR count). The highest BCUT2D eigenvalue weighted by atomic mass is 16.5. The summed E-state index contributed by atoms with van der Waals surface area (Å²) in [6.07, 6.45) is 1.94. The van der Waals surface area contributed by atoms with E-state index in [9.17, 15) is 39.9 Å². The standard InChI is InChI=1S/C22H24N2O8.C14H18N4O3/c1-21(31)8-5-4-6-11(25)12(8)16(26)13-9(21)7-10-15(24(2)3)17(27)14(20(23)30)19(29)22(10,32)18(13)28;1-19-10-5-8(6-11(20-2)12(10)21-3)4-9-7-17-14(16)18-13(9)15/h4-6,9-10,15,25-26,29,31-32H,7H2,1-3H3,(H2,23,30);5-7H,4H2,1-3H3,(H4,15,16,17,18)/t9-,10-,15-,21+,22-;/m0./s1. The van der Waals surface area contributed by atoms with Crippen molar-refractivity contribution in [2.75, 3.05) is 46.9 Å². The minimum Gasteiger partial charge on any atom is -0.508 e. The molecule has 1 amide bonds. The summed E-state index contributed by atoms with van der Waals surface area (Å²) in [5, 5.41) is 54.9. The van der Waals surface area contributed by atoms with Gasteiger partial charge < -0.3 is 56.9 Å². The van der Waals surface area contributed by atoms with E-state index in [2.05, 4.69) is 9.97 Å². The Morgan fingerprint density at radius 1 is 1.02 bits per heavy atom. The Bertz CT molecular complexity index is 2050. The van der Waals surface area contributed by atoms with Crippen LogP contribution in [0.25, 0.3) is 5.76 Å². The fraction of sp³-hybridized carbons (Fsp3) is 0.361. The normalized spacial score (nSPS) is 24.8. The molecule has 0 saturated heterocycles. The van der Waals surface area contributed by atoms with Crippen molar-refractivity contribution in [3.05, 3.63) is 75.7 Å². The molecular weight excluding hydrogens is 692 g/mol. The van der Waals surface area contributed by atoms with Crippen LogP contribution in [0.3, 0.4) is 0 Å². The number of aliphatic hydroxyl groups excluding tert-OH is 2. The Morgan fingerprint density at radius 3 is 2.17 bits per heavy atom. The first-order valence-corrected chi connectivity index (χ1v) is 16.2. The molecule has 17 heteroatoms. The number of carbonyl (C=O) groups excluding carboxylic acids is 3. The topological polar surface area (TPSA) is 287 Å². The molecule has 282 valence electrons. The number of Topliss-reactive ketones (excluding diaryl/α,β-unsaturated/α-hetero) is 2. The number of nitrogens with two attached hydrogens (primary N) is 3. The molecule has 1 heterocycles. The molecule has 0 spiro atoms. The smallest absolute Gasteiger partial charge is 0.255 e. The fourth-order valence-electron chi connectivity index (χ4n) is 7.53. The number of carbonyl (C=O) groups is 3. The molecule has 0 bridgehead atoms. The summed E-state index contributed by atoms with van der Waals surface area (Å²) < 4.78 is 15.9. The summed E-state index contributed by atoms with van der Waals surface area (Å²) in [5.74, 6) is -5.67. The quantitative estimate of drug-likeness (QED) is 0.156. The predicted octanol–water partition coefficient (Wildman–Crippen LogP) is 0.887. The number of phenols is 1. The molecule has 53 heavy (non-hydrogen) atoms. The number of ketones is 2. The van der Waals surface area contributed by atoms with Gasteiger partial charge in [0.05, 0.1) is 38.5 Å². The van der Waals surface area contributed by atoms with Gasteiger partial charge in [-0.3, -0.25) is 19.3 Å². The van der Waals surface area contributed by atoms with Gasteiger partial charge in [-0.2, -0.15) is 4.98 Å². The number of nitrogen functional groups attached to an aromatic ring is 2. The van der Waals surface area contributed by atoms with Crippen molar-refractivity contribution in [1.29, 1.82) is 0 Å². The van der Waals surface area contributed by atoms with Crippen LogP contribution in [-0.2, 0) is 26.4 Å². The summed E-state index contributed by atoms with van der Waals surface area (Å²) in [6, 6.07) is 6.73. The number of anilines is 2. The second-order valence-electron chi connectivity index (χ2n) is 13.3. The second-order valence-corrected chi connectivity index (χ2v) is 13.3. The van der Waals surface area contributed by atoms with E-state index in [-0.39, 0.29) is 23.5 Å². The largest absolute Gasteiger partial charge is 0.508 e. The van der Waals surface area contributed by atoms with Crippen LogP contribution < -0.4 is 31.4 Å². The third kappa shape index (κ3) is 6.11. The van der Waals surface area contributed by atoms with E-state index in [4.69, 9.17) is 31.4 Å². The molecule has 0 aliphatic heterocycles. The van der Waals surface area contributed by atoms with E-state index in [1.54, 1.807) is 27.5 Å². The number of aliphatic hydroxyl groups is 4. The second kappa shape index (κ2) is 13.9. The van der Waals surface area contributed by atoms with Crippen LogP contribution in [0.5, 0.6) is 23.0 Å². The molecule has 5 atom stereocenters. The maximum absolute atomic E-state index is 13.7. The predicted molar refractivity (Wildman–Crippen MR) is 190 cm³/mol. The lowest BCUT2D eigenvalue weighted by Crippen LogP contribution is -2.67. The van der Waals surface area contributed by atoms with Gasteiger partial charge in [-0.1, -0.05) is 12.1 Å². The van der Waals surface area contributed by atoms with Crippen LogP contribution in [0.2, 0.25) is 0 Å². The SMILES string of the molecule is CN(C)[C@@H]1C(=O)C(C(N)=O)=C(O)[C@@]2(O)C(=O)C3=C(O)c4c(O)cccc4[C@@](C)(O)[C@H]3C[C@@H]12.COc1cc(Cc2cnc(N)nc2N)cc(OC)c1OC. The van der Waals surface area contributed by atoms with Gasteiger partial charge in [-0.05, 0) is 56.8 Å². The number of nitrogens with zero attached hydrogens (tertiary/aromatic N) is 3. The molecule has 17 nitrogen and oxygen atoms in total. The van der Waals surface area contributed by atoms with Crippen molar-refractivity contribution < 1.29 is 54.1 Å². The number of aromatic nitrogens is 2. The number of benzene rings is 2. The van der Waals surface area contributed by atoms with Crippen molar-refractivity contribution in [2.24, 2.45) is 17.6 Å². The first-order chi connectivity index (χ1) is 24.9. The summed E-state index contributed by atoms with van der Waals surface area (Å²) in [5.41, 5.74) is 12.5. The molecule has 3 aliphatic rings. The monoisotopic (exact) mass is 734 g/mol. The summed E-state index contributed by atoms with van der Waals surface area (Å²) in [6.45, 7) is 1.40. The van der Waals surface area contributed by atoms with E-state index < -0.39 is 75.0 Å². The van der Waals surface area contributed by atoms with E-state index in [0.717, 1.165) is 11.1 Å². The Balaban J connectivity index is 0.000000224. The Hall–Kier alpha value is -5.91. The molecule has 11 N–H and O–H groups in total. The molecule has 1 saturated carbocycles. The van der Waals surface area contributed by atoms with Crippen molar-refractivity contribution in [3.8, 4) is 23.0 Å². The number of likely N-dealkylation sites (N-methyl/N-ethyl adjacent to an activating group) is 1. The molecule has 1 aromatic heterocycles. The van der Waals surface area contributed by atoms with E-state index in [1.165, 1.54) is 44.1 Å². The van der Waals surface area contributed by atoms with E-state index in [1.807, 2.05) is 12.1 Å². The zero-order valence-electron chi connectivity index (χ0n) is 29.9. The lowest BCUT2D eigenvalue weighted by atomic mass is 9.54. The summed E-state index contributed by atoms with van der Waals surface area (Å²) in [4.78, 5) is 47.9. The van der Waals surface area contributed by atoms with Crippen LogP contribution in [-0.4, -0.2) is 105 Å². The highest BCUT2D eigenvalue weighted by Crippen LogP contribution is 2.57. The number of hydrogen-bond donors (Lipinski definition) is 8. The molecule has 3 aromatic rings. The molecule has 1 fully saturated rings. The lowest BCUT2D eigenvalue weighted by molar-refractivity contribution is -0.159. The zero-order valence-corrected chi connectivity index (χ0v) is 29.9. The van der Waals surface area contributed by atoms with Crippen LogP contribution >= 0.6 is 0 Å². The first kappa shape index (κ1) is 38.3. The van der Waals surface area contributed by atoms with E-state index >= 15 is 0 Å². The number of primary amides is 1. The minimum absolute atomic E-state index is 0.154. The summed E-state index contributed by atoms with van der Waals surface area (Å²) >= 11 is 0. The average Bonchev–Trinajstić information content (AvgIpc) is 3.09. The van der Waals surface area contributed by atoms with Crippen LogP contribution in [0, 0.1) is 11.8 Å². The van der Waals surface area contributed by atoms with Gasteiger partial charge in [-0.15, -0.1) is 0 Å². The average molecular weight is 735 g/mol. The number of aromatic hydroxyl groups is 1. The highest BCUT2D eigenvalue weighted by Gasteiger charge is 2.66. The van der Waals surface area contributed by atoms with E-state index in [0.29, 0.717) is 29.5 Å². The number of fused-ring (bicyclic) bond motifs is 3. The van der Waals surface area contributed by atoms with Crippen LogP contribution in [0.15, 0.2) is 53.4 Å². The third-order valence-electron chi connectivity index (χ3n) is 10.1. The van der Waals surface area contributed by atoms with Gasteiger partial charge in [0.2, 0.25) is 17.5 Å². The lowest BCUT2D eigenvalue weighted by Gasteiger charge is -2.53. The number of methoxy groups -OCH3 is 3. The number of rotatable bonds is 7.